The van der Waals surface area contributed by atoms with Crippen molar-refractivity contribution >= 4 is 11.3 Å². The van der Waals surface area contributed by atoms with Gasteiger partial charge in [0.1, 0.15) is 0 Å². The van der Waals surface area contributed by atoms with E-state index in [1.54, 1.807) is 0 Å². The molecule has 1 aromatic heterocycles. The number of aryl methyl sites for hydroxylation is 2. The van der Waals surface area contributed by atoms with Gasteiger partial charge in [0.2, 0.25) is 0 Å². The standard InChI is InChI=1S/C16H21NS/c1-3-17-15(16-5-4-12-18-16)11-10-14-8-6-13(2)7-9-14/h4-9,12,15,17H,3,10-11H2,1-2H3. The van der Waals surface area contributed by atoms with Gasteiger partial charge in [0.25, 0.3) is 0 Å². The van der Waals surface area contributed by atoms with Crippen LogP contribution in [0.1, 0.15) is 35.4 Å². The molecule has 0 aliphatic rings. The molecule has 0 spiro atoms. The van der Waals surface area contributed by atoms with Crippen LogP contribution in [0.5, 0.6) is 0 Å². The predicted octanol–water partition coefficient (Wildman–Crippen LogP) is 4.34. The van der Waals surface area contributed by atoms with Crippen LogP contribution in [0.25, 0.3) is 0 Å². The van der Waals surface area contributed by atoms with Gasteiger partial charge < -0.3 is 5.32 Å². The van der Waals surface area contributed by atoms with Crippen molar-refractivity contribution in [3.63, 3.8) is 0 Å². The van der Waals surface area contributed by atoms with Crippen molar-refractivity contribution in [1.82, 2.24) is 5.32 Å². The first-order valence-corrected chi connectivity index (χ1v) is 7.50. The minimum atomic E-state index is 0.497. The van der Waals surface area contributed by atoms with Crippen LogP contribution in [0.3, 0.4) is 0 Å². The third-order valence-corrected chi connectivity index (χ3v) is 4.17. The molecule has 0 bridgehead atoms. The molecule has 1 nitrogen and oxygen atoms in total. The molecule has 96 valence electrons. The first-order chi connectivity index (χ1) is 8.79. The Balaban J connectivity index is 1.95. The van der Waals surface area contributed by atoms with E-state index < -0.39 is 0 Å². The maximum atomic E-state index is 3.58. The van der Waals surface area contributed by atoms with Gasteiger partial charge in [0.15, 0.2) is 0 Å². The second-order valence-corrected chi connectivity index (χ2v) is 5.63. The van der Waals surface area contributed by atoms with Crippen molar-refractivity contribution in [1.29, 1.82) is 0 Å². The fraction of sp³-hybridized carbons (Fsp3) is 0.375. The summed E-state index contributed by atoms with van der Waals surface area (Å²) in [5, 5.41) is 5.74. The zero-order valence-electron chi connectivity index (χ0n) is 11.1. The molecule has 1 atom stereocenters. The number of benzene rings is 1. The summed E-state index contributed by atoms with van der Waals surface area (Å²) in [7, 11) is 0. The molecule has 0 aliphatic carbocycles. The Bertz CT molecular complexity index is 444. The largest absolute Gasteiger partial charge is 0.310 e. The van der Waals surface area contributed by atoms with Gasteiger partial charge in [-0.15, -0.1) is 11.3 Å². The van der Waals surface area contributed by atoms with Crippen LogP contribution in [-0.4, -0.2) is 6.54 Å². The summed E-state index contributed by atoms with van der Waals surface area (Å²) in [4.78, 5) is 1.45. The molecule has 1 heterocycles. The third kappa shape index (κ3) is 3.69. The van der Waals surface area contributed by atoms with Gasteiger partial charge in [0.05, 0.1) is 0 Å². The lowest BCUT2D eigenvalue weighted by Crippen LogP contribution is -2.20. The first-order valence-electron chi connectivity index (χ1n) is 6.62. The lowest BCUT2D eigenvalue weighted by molar-refractivity contribution is 0.523. The molecule has 0 saturated heterocycles. The maximum Gasteiger partial charge on any atom is 0.0417 e. The fourth-order valence-electron chi connectivity index (χ4n) is 2.15. The average molecular weight is 259 g/mol. The summed E-state index contributed by atoms with van der Waals surface area (Å²) >= 11 is 1.85. The molecule has 0 saturated carbocycles. The van der Waals surface area contributed by atoms with Gasteiger partial charge in [0, 0.05) is 10.9 Å². The Morgan fingerprint density at radius 1 is 1.17 bits per heavy atom. The molecule has 0 radical (unpaired) electrons. The van der Waals surface area contributed by atoms with Crippen LogP contribution in [0.15, 0.2) is 41.8 Å². The van der Waals surface area contributed by atoms with E-state index >= 15 is 0 Å². The highest BCUT2D eigenvalue weighted by Crippen LogP contribution is 2.23. The van der Waals surface area contributed by atoms with Gasteiger partial charge in [-0.1, -0.05) is 42.8 Å². The molecule has 0 fully saturated rings. The highest BCUT2D eigenvalue weighted by Gasteiger charge is 2.10. The molecule has 1 N–H and O–H groups in total. The van der Waals surface area contributed by atoms with E-state index in [0.717, 1.165) is 19.4 Å². The van der Waals surface area contributed by atoms with Crippen molar-refractivity contribution in [3.05, 3.63) is 57.8 Å². The Kier molecular flexibility index (Phi) is 4.97. The molecule has 0 aliphatic heterocycles. The normalized spacial score (nSPS) is 12.6. The Labute approximate surface area is 114 Å². The summed E-state index contributed by atoms with van der Waals surface area (Å²) in [6.07, 6.45) is 2.30. The van der Waals surface area contributed by atoms with E-state index in [9.17, 15) is 0 Å². The van der Waals surface area contributed by atoms with E-state index in [-0.39, 0.29) is 0 Å². The van der Waals surface area contributed by atoms with Gasteiger partial charge >= 0.3 is 0 Å². The SMILES string of the molecule is CCNC(CCc1ccc(C)cc1)c1cccs1. The van der Waals surface area contributed by atoms with Crippen molar-refractivity contribution < 1.29 is 0 Å². The summed E-state index contributed by atoms with van der Waals surface area (Å²) in [6.45, 7) is 5.33. The summed E-state index contributed by atoms with van der Waals surface area (Å²) in [6, 6.07) is 13.7. The average Bonchev–Trinajstić information content (AvgIpc) is 2.90. The van der Waals surface area contributed by atoms with Crippen LogP contribution < -0.4 is 5.32 Å². The summed E-state index contributed by atoms with van der Waals surface area (Å²) in [5.41, 5.74) is 2.76. The Morgan fingerprint density at radius 3 is 2.56 bits per heavy atom. The lowest BCUT2D eigenvalue weighted by Gasteiger charge is -2.16. The zero-order chi connectivity index (χ0) is 12.8. The van der Waals surface area contributed by atoms with Crippen molar-refractivity contribution in [2.75, 3.05) is 6.54 Å². The smallest absolute Gasteiger partial charge is 0.0417 e. The molecule has 1 unspecified atom stereocenters. The minimum Gasteiger partial charge on any atom is -0.310 e. The van der Waals surface area contributed by atoms with Crippen molar-refractivity contribution in [2.45, 2.75) is 32.7 Å². The van der Waals surface area contributed by atoms with Gasteiger partial charge in [-0.05, 0) is 43.3 Å². The van der Waals surface area contributed by atoms with E-state index in [4.69, 9.17) is 0 Å². The monoisotopic (exact) mass is 259 g/mol. The quantitative estimate of drug-likeness (QED) is 0.813. The number of thiophene rings is 1. The van der Waals surface area contributed by atoms with E-state index in [1.165, 1.54) is 16.0 Å². The Morgan fingerprint density at radius 2 is 1.94 bits per heavy atom. The number of hydrogen-bond acceptors (Lipinski definition) is 2. The van der Waals surface area contributed by atoms with Crippen LogP contribution in [0.2, 0.25) is 0 Å². The molecule has 2 aromatic rings. The third-order valence-electron chi connectivity index (χ3n) is 3.18. The number of nitrogens with one attached hydrogen (secondary N) is 1. The van der Waals surface area contributed by atoms with E-state index in [1.807, 2.05) is 11.3 Å². The molecular weight excluding hydrogens is 238 g/mol. The topological polar surface area (TPSA) is 12.0 Å². The molecule has 1 aromatic carbocycles. The zero-order valence-corrected chi connectivity index (χ0v) is 12.0. The minimum absolute atomic E-state index is 0.497. The molecule has 2 heteroatoms. The van der Waals surface area contributed by atoms with Crippen LogP contribution in [0, 0.1) is 6.92 Å². The second kappa shape index (κ2) is 6.72. The molecular formula is C16H21NS. The van der Waals surface area contributed by atoms with Gasteiger partial charge in [-0.25, -0.2) is 0 Å². The van der Waals surface area contributed by atoms with E-state index in [2.05, 4.69) is 60.9 Å². The van der Waals surface area contributed by atoms with Crippen LogP contribution >= 0.6 is 11.3 Å². The maximum absolute atomic E-state index is 3.58. The second-order valence-electron chi connectivity index (χ2n) is 4.65. The Hall–Kier alpha value is -1.12. The first kappa shape index (κ1) is 13.3. The van der Waals surface area contributed by atoms with Crippen LogP contribution in [-0.2, 0) is 6.42 Å². The van der Waals surface area contributed by atoms with Crippen LogP contribution in [0.4, 0.5) is 0 Å². The predicted molar refractivity (Wildman–Crippen MR) is 80.2 cm³/mol. The lowest BCUT2D eigenvalue weighted by atomic mass is 10.0. The highest BCUT2D eigenvalue weighted by atomic mass is 32.1. The molecule has 0 amide bonds. The number of hydrogen-bond donors (Lipinski definition) is 1. The van der Waals surface area contributed by atoms with Gasteiger partial charge in [-0.2, -0.15) is 0 Å². The summed E-state index contributed by atoms with van der Waals surface area (Å²) in [5.74, 6) is 0. The fourth-order valence-corrected chi connectivity index (χ4v) is 2.98. The molecule has 2 rings (SSSR count). The van der Waals surface area contributed by atoms with Gasteiger partial charge in [-0.3, -0.25) is 0 Å². The summed E-state index contributed by atoms with van der Waals surface area (Å²) < 4.78 is 0. The van der Waals surface area contributed by atoms with E-state index in [0.29, 0.717) is 6.04 Å². The molecule has 18 heavy (non-hydrogen) atoms. The van der Waals surface area contributed by atoms with Crippen molar-refractivity contribution in [2.24, 2.45) is 0 Å². The highest BCUT2D eigenvalue weighted by molar-refractivity contribution is 7.10. The number of rotatable bonds is 6. The van der Waals surface area contributed by atoms with Crippen molar-refractivity contribution in [3.8, 4) is 0 Å².